The van der Waals surface area contributed by atoms with Crippen molar-refractivity contribution in [2.24, 2.45) is 5.92 Å². The summed E-state index contributed by atoms with van der Waals surface area (Å²) < 4.78 is 16.3. The normalized spacial score (nSPS) is 16.4. The first kappa shape index (κ1) is 15.0. The molecule has 4 heteroatoms. The van der Waals surface area contributed by atoms with E-state index in [1.807, 2.05) is 19.2 Å². The van der Waals surface area contributed by atoms with Crippen LogP contribution in [0.4, 0.5) is 0 Å². The molecule has 1 aromatic carbocycles. The standard InChI is InChI=1S/C16H25NO3/c1-17-13(8-11-6-5-7-11)12-9-15(19-3)16(20-4)10-14(12)18-2/h9-11,13,17H,5-8H2,1-4H3. The second-order valence-corrected chi connectivity index (χ2v) is 5.32. The lowest BCUT2D eigenvalue weighted by atomic mass is 9.79. The van der Waals surface area contributed by atoms with Gasteiger partial charge in [-0.15, -0.1) is 0 Å². The molecule has 0 bridgehead atoms. The number of rotatable bonds is 7. The summed E-state index contributed by atoms with van der Waals surface area (Å²) in [4.78, 5) is 0. The average Bonchev–Trinajstić information content (AvgIpc) is 2.45. The zero-order chi connectivity index (χ0) is 14.5. The number of methoxy groups -OCH3 is 3. The number of ether oxygens (including phenoxy) is 3. The molecular formula is C16H25NO3. The summed E-state index contributed by atoms with van der Waals surface area (Å²) in [5.74, 6) is 3.12. The maximum atomic E-state index is 5.53. The average molecular weight is 279 g/mol. The van der Waals surface area contributed by atoms with Gasteiger partial charge in [0, 0.05) is 17.7 Å². The molecule has 0 saturated heterocycles. The molecule has 4 nitrogen and oxygen atoms in total. The first-order valence-corrected chi connectivity index (χ1v) is 7.20. The molecule has 20 heavy (non-hydrogen) atoms. The number of hydrogen-bond donors (Lipinski definition) is 1. The minimum atomic E-state index is 0.287. The Hall–Kier alpha value is -1.42. The third kappa shape index (κ3) is 3.01. The van der Waals surface area contributed by atoms with Gasteiger partial charge in [0.1, 0.15) is 5.75 Å². The van der Waals surface area contributed by atoms with Gasteiger partial charge >= 0.3 is 0 Å². The van der Waals surface area contributed by atoms with E-state index in [2.05, 4.69) is 5.32 Å². The Morgan fingerprint density at radius 3 is 2.10 bits per heavy atom. The topological polar surface area (TPSA) is 39.7 Å². The third-order valence-corrected chi connectivity index (χ3v) is 4.25. The van der Waals surface area contributed by atoms with Crippen LogP contribution in [0.1, 0.15) is 37.3 Å². The fraction of sp³-hybridized carbons (Fsp3) is 0.625. The van der Waals surface area contributed by atoms with Crippen LogP contribution < -0.4 is 19.5 Å². The van der Waals surface area contributed by atoms with Gasteiger partial charge < -0.3 is 19.5 Å². The summed E-state index contributed by atoms with van der Waals surface area (Å²) in [6, 6.07) is 4.21. The lowest BCUT2D eigenvalue weighted by Gasteiger charge is -2.30. The molecule has 1 aliphatic rings. The molecule has 112 valence electrons. The van der Waals surface area contributed by atoms with Crippen LogP contribution in [-0.4, -0.2) is 28.4 Å². The molecule has 1 atom stereocenters. The molecule has 1 fully saturated rings. The van der Waals surface area contributed by atoms with Crippen LogP contribution in [0, 0.1) is 5.92 Å². The van der Waals surface area contributed by atoms with Crippen molar-refractivity contribution in [3.8, 4) is 17.2 Å². The predicted octanol–water partition coefficient (Wildman–Crippen LogP) is 3.16. The molecule has 1 N–H and O–H groups in total. The van der Waals surface area contributed by atoms with Gasteiger partial charge in [-0.05, 0) is 25.5 Å². The molecule has 1 saturated carbocycles. The summed E-state index contributed by atoms with van der Waals surface area (Å²) in [5.41, 5.74) is 1.14. The van der Waals surface area contributed by atoms with E-state index in [-0.39, 0.29) is 6.04 Å². The van der Waals surface area contributed by atoms with E-state index in [0.29, 0.717) is 5.75 Å². The van der Waals surface area contributed by atoms with Gasteiger partial charge in [-0.25, -0.2) is 0 Å². The Morgan fingerprint density at radius 1 is 1.05 bits per heavy atom. The van der Waals surface area contributed by atoms with Gasteiger partial charge in [-0.1, -0.05) is 19.3 Å². The number of benzene rings is 1. The third-order valence-electron chi connectivity index (χ3n) is 4.25. The van der Waals surface area contributed by atoms with Gasteiger partial charge in [0.05, 0.1) is 21.3 Å². The molecule has 1 aromatic rings. The monoisotopic (exact) mass is 279 g/mol. The van der Waals surface area contributed by atoms with Crippen molar-refractivity contribution in [3.05, 3.63) is 17.7 Å². The van der Waals surface area contributed by atoms with Crippen molar-refractivity contribution < 1.29 is 14.2 Å². The summed E-state index contributed by atoms with van der Waals surface area (Å²) in [6.07, 6.45) is 5.19. The Labute approximate surface area is 121 Å². The second-order valence-electron chi connectivity index (χ2n) is 5.32. The Kier molecular flexibility index (Phi) is 5.12. The first-order valence-electron chi connectivity index (χ1n) is 7.20. The summed E-state index contributed by atoms with van der Waals surface area (Å²) in [7, 11) is 7.00. The van der Waals surface area contributed by atoms with Crippen molar-refractivity contribution in [1.82, 2.24) is 5.32 Å². The largest absolute Gasteiger partial charge is 0.496 e. The van der Waals surface area contributed by atoms with Gasteiger partial charge in [-0.2, -0.15) is 0 Å². The number of nitrogens with one attached hydrogen (secondary N) is 1. The van der Waals surface area contributed by atoms with Crippen molar-refractivity contribution in [3.63, 3.8) is 0 Å². The highest BCUT2D eigenvalue weighted by Crippen LogP contribution is 2.41. The van der Waals surface area contributed by atoms with E-state index in [1.165, 1.54) is 19.3 Å². The van der Waals surface area contributed by atoms with Crippen LogP contribution >= 0.6 is 0 Å². The van der Waals surface area contributed by atoms with Crippen LogP contribution in [0.3, 0.4) is 0 Å². The van der Waals surface area contributed by atoms with Gasteiger partial charge in [0.15, 0.2) is 11.5 Å². The maximum absolute atomic E-state index is 5.53. The van der Waals surface area contributed by atoms with Crippen LogP contribution in [0.25, 0.3) is 0 Å². The van der Waals surface area contributed by atoms with Gasteiger partial charge in [-0.3, -0.25) is 0 Å². The predicted molar refractivity (Wildman–Crippen MR) is 79.9 cm³/mol. The van der Waals surface area contributed by atoms with Crippen molar-refractivity contribution in [2.45, 2.75) is 31.7 Å². The highest BCUT2D eigenvalue weighted by atomic mass is 16.5. The van der Waals surface area contributed by atoms with Crippen LogP contribution in [0.15, 0.2) is 12.1 Å². The van der Waals surface area contributed by atoms with E-state index < -0.39 is 0 Å². The molecule has 0 aliphatic heterocycles. The fourth-order valence-corrected chi connectivity index (χ4v) is 2.79. The molecule has 0 aromatic heterocycles. The highest BCUT2D eigenvalue weighted by Gasteiger charge is 2.25. The second kappa shape index (κ2) is 6.84. The number of hydrogen-bond acceptors (Lipinski definition) is 4. The van der Waals surface area contributed by atoms with Crippen molar-refractivity contribution in [1.29, 1.82) is 0 Å². The smallest absolute Gasteiger partial charge is 0.164 e. The van der Waals surface area contributed by atoms with E-state index in [1.54, 1.807) is 21.3 Å². The van der Waals surface area contributed by atoms with E-state index in [0.717, 1.165) is 29.4 Å². The molecular weight excluding hydrogens is 254 g/mol. The summed E-state index contributed by atoms with van der Waals surface area (Å²) in [6.45, 7) is 0. The van der Waals surface area contributed by atoms with Crippen LogP contribution in [-0.2, 0) is 0 Å². The van der Waals surface area contributed by atoms with E-state index in [4.69, 9.17) is 14.2 Å². The minimum Gasteiger partial charge on any atom is -0.496 e. The zero-order valence-corrected chi connectivity index (χ0v) is 12.9. The fourth-order valence-electron chi connectivity index (χ4n) is 2.79. The SMILES string of the molecule is CNC(CC1CCC1)c1cc(OC)c(OC)cc1OC. The molecule has 0 heterocycles. The molecule has 1 aliphatic carbocycles. The molecule has 0 radical (unpaired) electrons. The van der Waals surface area contributed by atoms with Crippen LogP contribution in [0.5, 0.6) is 17.2 Å². The van der Waals surface area contributed by atoms with E-state index >= 15 is 0 Å². The van der Waals surface area contributed by atoms with E-state index in [9.17, 15) is 0 Å². The highest BCUT2D eigenvalue weighted by molar-refractivity contribution is 5.51. The lowest BCUT2D eigenvalue weighted by molar-refractivity contribution is 0.262. The lowest BCUT2D eigenvalue weighted by Crippen LogP contribution is -2.23. The summed E-state index contributed by atoms with van der Waals surface area (Å²) in [5, 5.41) is 3.40. The molecule has 0 amide bonds. The quantitative estimate of drug-likeness (QED) is 0.832. The van der Waals surface area contributed by atoms with Crippen molar-refractivity contribution in [2.75, 3.05) is 28.4 Å². The summed E-state index contributed by atoms with van der Waals surface area (Å²) >= 11 is 0. The minimum absolute atomic E-state index is 0.287. The Bertz CT molecular complexity index is 444. The Balaban J connectivity index is 2.30. The zero-order valence-electron chi connectivity index (χ0n) is 12.9. The van der Waals surface area contributed by atoms with Crippen LogP contribution in [0.2, 0.25) is 0 Å². The van der Waals surface area contributed by atoms with Gasteiger partial charge in [0.2, 0.25) is 0 Å². The molecule has 0 spiro atoms. The molecule has 1 unspecified atom stereocenters. The maximum Gasteiger partial charge on any atom is 0.164 e. The first-order chi connectivity index (χ1) is 9.73. The van der Waals surface area contributed by atoms with Crippen molar-refractivity contribution >= 4 is 0 Å². The van der Waals surface area contributed by atoms with Gasteiger partial charge in [0.25, 0.3) is 0 Å². The molecule has 2 rings (SSSR count). The Morgan fingerprint density at radius 2 is 1.65 bits per heavy atom.